The molecule has 4 heteroatoms. The van der Waals surface area contributed by atoms with E-state index in [9.17, 15) is 9.59 Å². The Morgan fingerprint density at radius 3 is 1.96 bits per heavy atom. The number of carboxylic acids is 1. The average molecular weight is 328 g/mol. The number of carbonyl (C=O) groups excluding carboxylic acids is 1. The zero-order chi connectivity index (χ0) is 17.8. The Hall–Kier alpha value is -2.62. The predicted octanol–water partition coefficient (Wildman–Crippen LogP) is 4.06. The van der Waals surface area contributed by atoms with Crippen molar-refractivity contribution in [2.24, 2.45) is 0 Å². The molecule has 0 radical (unpaired) electrons. The van der Waals surface area contributed by atoms with E-state index in [0.29, 0.717) is 19.4 Å². The first kappa shape index (κ1) is 19.4. The van der Waals surface area contributed by atoms with Crippen LogP contribution in [0.1, 0.15) is 37.3 Å². The number of carbonyl (C=O) groups is 2. The van der Waals surface area contributed by atoms with Crippen molar-refractivity contribution in [1.82, 2.24) is 0 Å². The van der Waals surface area contributed by atoms with Gasteiger partial charge in [0.05, 0.1) is 18.9 Å². The predicted molar refractivity (Wildman–Crippen MR) is 93.9 cm³/mol. The molecular weight excluding hydrogens is 304 g/mol. The molecule has 1 N–H and O–H groups in total. The van der Waals surface area contributed by atoms with Crippen LogP contribution in [0.5, 0.6) is 0 Å². The zero-order valence-corrected chi connectivity index (χ0v) is 14.1. The third-order valence-electron chi connectivity index (χ3n) is 3.40. The van der Waals surface area contributed by atoms with Gasteiger partial charge in [-0.2, -0.15) is 0 Å². The summed E-state index contributed by atoms with van der Waals surface area (Å²) in [4.78, 5) is 21.7. The highest BCUT2D eigenvalue weighted by Crippen LogP contribution is 2.18. The maximum atomic E-state index is 11.0. The lowest BCUT2D eigenvalue weighted by Gasteiger charge is -2.08. The molecule has 0 aliphatic heterocycles. The van der Waals surface area contributed by atoms with Crippen molar-refractivity contribution in [1.29, 1.82) is 0 Å². The van der Waals surface area contributed by atoms with Gasteiger partial charge in [0.1, 0.15) is 0 Å². The van der Waals surface area contributed by atoms with Crippen LogP contribution in [0, 0.1) is 0 Å². The van der Waals surface area contributed by atoms with E-state index in [1.165, 1.54) is 0 Å². The molecule has 0 spiro atoms. The van der Waals surface area contributed by atoms with Crippen LogP contribution in [0.3, 0.4) is 0 Å². The summed E-state index contributed by atoms with van der Waals surface area (Å²) in [5.74, 6) is -1.27. The van der Waals surface area contributed by atoms with Crippen molar-refractivity contribution >= 4 is 11.9 Å². The van der Waals surface area contributed by atoms with E-state index in [1.807, 2.05) is 74.5 Å². The lowest BCUT2D eigenvalue weighted by atomic mass is 9.97. The zero-order valence-electron chi connectivity index (χ0n) is 14.1. The van der Waals surface area contributed by atoms with E-state index in [4.69, 9.17) is 9.84 Å². The van der Waals surface area contributed by atoms with Gasteiger partial charge in [0, 0.05) is 0 Å². The Morgan fingerprint density at radius 2 is 1.50 bits per heavy atom. The lowest BCUT2D eigenvalue weighted by Crippen LogP contribution is -2.09. The number of carboxylic acid groups (broad SMARTS) is 1. The molecule has 0 aliphatic carbocycles. The fraction of sp³-hybridized carbons (Fsp3) is 0.300. The highest BCUT2D eigenvalue weighted by atomic mass is 16.5. The third-order valence-corrected chi connectivity index (χ3v) is 3.40. The number of benzene rings is 2. The number of hydrogen-bond acceptors (Lipinski definition) is 3. The summed E-state index contributed by atoms with van der Waals surface area (Å²) in [6.07, 6.45) is 1.01. The molecule has 0 amide bonds. The molecule has 0 bridgehead atoms. The van der Waals surface area contributed by atoms with E-state index in [1.54, 1.807) is 0 Å². The van der Waals surface area contributed by atoms with Crippen molar-refractivity contribution in [3.63, 3.8) is 0 Å². The molecule has 2 aromatic rings. The van der Waals surface area contributed by atoms with Gasteiger partial charge < -0.3 is 9.84 Å². The smallest absolute Gasteiger partial charge is 0.310 e. The van der Waals surface area contributed by atoms with Gasteiger partial charge in [0.2, 0.25) is 0 Å². The Balaban J connectivity index is 0.000000240. The topological polar surface area (TPSA) is 63.6 Å². The number of rotatable bonds is 6. The van der Waals surface area contributed by atoms with Crippen LogP contribution in [0.25, 0.3) is 0 Å². The van der Waals surface area contributed by atoms with Gasteiger partial charge in [0.25, 0.3) is 0 Å². The maximum absolute atomic E-state index is 11.0. The molecular formula is C20H24O4. The molecule has 24 heavy (non-hydrogen) atoms. The second-order valence-corrected chi connectivity index (χ2v) is 5.18. The first-order valence-corrected chi connectivity index (χ1v) is 8.05. The summed E-state index contributed by atoms with van der Waals surface area (Å²) in [5.41, 5.74) is 1.88. The number of hydrogen-bond donors (Lipinski definition) is 1. The first-order valence-electron chi connectivity index (χ1n) is 8.05. The van der Waals surface area contributed by atoms with Gasteiger partial charge in [-0.1, -0.05) is 67.6 Å². The minimum Gasteiger partial charge on any atom is -0.481 e. The van der Waals surface area contributed by atoms with Crippen molar-refractivity contribution in [2.75, 3.05) is 6.61 Å². The van der Waals surface area contributed by atoms with Crippen LogP contribution in [-0.2, 0) is 20.7 Å². The number of aliphatic carboxylic acids is 1. The fourth-order valence-electron chi connectivity index (χ4n) is 2.21. The molecule has 0 fully saturated rings. The fourth-order valence-corrected chi connectivity index (χ4v) is 2.21. The van der Waals surface area contributed by atoms with Crippen LogP contribution < -0.4 is 0 Å². The van der Waals surface area contributed by atoms with E-state index >= 15 is 0 Å². The monoisotopic (exact) mass is 328 g/mol. The first-order chi connectivity index (χ1) is 11.6. The largest absolute Gasteiger partial charge is 0.481 e. The molecule has 0 saturated carbocycles. The van der Waals surface area contributed by atoms with Crippen molar-refractivity contribution in [2.45, 2.75) is 32.6 Å². The summed E-state index contributed by atoms with van der Waals surface area (Å²) in [5, 5.41) is 8.83. The minimum absolute atomic E-state index is 0.163. The SMILES string of the molecule is CCC(C(=O)O)c1ccccc1.CCOC(=O)Cc1ccccc1. The summed E-state index contributed by atoms with van der Waals surface area (Å²) in [7, 11) is 0. The normalized spacial score (nSPS) is 10.9. The molecule has 0 aromatic heterocycles. The highest BCUT2D eigenvalue weighted by molar-refractivity contribution is 5.75. The Labute approximate surface area is 143 Å². The standard InChI is InChI=1S/2C10H12O2/c1-2-12-10(11)8-9-6-4-3-5-7-9;1-2-9(10(11)12)8-6-4-3-5-7-8/h3-7H,2,8H2,1H3;3-7,9H,2H2,1H3,(H,11,12). The van der Waals surface area contributed by atoms with E-state index < -0.39 is 5.97 Å². The summed E-state index contributed by atoms with van der Waals surface area (Å²) >= 11 is 0. The number of ether oxygens (including phenoxy) is 1. The molecule has 0 heterocycles. The second kappa shape index (κ2) is 11.0. The van der Waals surface area contributed by atoms with Gasteiger partial charge >= 0.3 is 11.9 Å². The summed E-state index contributed by atoms with van der Waals surface area (Å²) < 4.78 is 4.81. The molecule has 2 aromatic carbocycles. The molecule has 1 unspecified atom stereocenters. The molecule has 2 rings (SSSR count). The van der Waals surface area contributed by atoms with Gasteiger partial charge in [-0.3, -0.25) is 9.59 Å². The molecule has 0 aliphatic rings. The van der Waals surface area contributed by atoms with Crippen LogP contribution >= 0.6 is 0 Å². The van der Waals surface area contributed by atoms with Crippen LogP contribution in [0.2, 0.25) is 0 Å². The third kappa shape index (κ3) is 7.09. The molecule has 1 atom stereocenters. The Morgan fingerprint density at radius 1 is 0.958 bits per heavy atom. The van der Waals surface area contributed by atoms with Gasteiger partial charge in [-0.25, -0.2) is 0 Å². The van der Waals surface area contributed by atoms with Gasteiger partial charge in [0.15, 0.2) is 0 Å². The number of esters is 1. The Bertz CT molecular complexity index is 606. The summed E-state index contributed by atoms with van der Waals surface area (Å²) in [6, 6.07) is 18.9. The Kier molecular flexibility index (Phi) is 8.90. The maximum Gasteiger partial charge on any atom is 0.310 e. The van der Waals surface area contributed by atoms with E-state index in [-0.39, 0.29) is 11.9 Å². The van der Waals surface area contributed by atoms with Crippen molar-refractivity contribution < 1.29 is 19.4 Å². The quantitative estimate of drug-likeness (QED) is 0.812. The van der Waals surface area contributed by atoms with Crippen LogP contribution in [-0.4, -0.2) is 23.7 Å². The molecule has 128 valence electrons. The van der Waals surface area contributed by atoms with Crippen LogP contribution in [0.4, 0.5) is 0 Å². The van der Waals surface area contributed by atoms with Crippen molar-refractivity contribution in [3.8, 4) is 0 Å². The molecule has 0 saturated heterocycles. The lowest BCUT2D eigenvalue weighted by molar-refractivity contribution is -0.142. The van der Waals surface area contributed by atoms with Crippen LogP contribution in [0.15, 0.2) is 60.7 Å². The van der Waals surface area contributed by atoms with Gasteiger partial charge in [-0.15, -0.1) is 0 Å². The van der Waals surface area contributed by atoms with E-state index in [2.05, 4.69) is 0 Å². The van der Waals surface area contributed by atoms with E-state index in [0.717, 1.165) is 11.1 Å². The van der Waals surface area contributed by atoms with Crippen molar-refractivity contribution in [3.05, 3.63) is 71.8 Å². The second-order valence-electron chi connectivity index (χ2n) is 5.18. The highest BCUT2D eigenvalue weighted by Gasteiger charge is 2.16. The summed E-state index contributed by atoms with van der Waals surface area (Å²) in [6.45, 7) is 4.14. The molecule has 4 nitrogen and oxygen atoms in total. The average Bonchev–Trinajstić information content (AvgIpc) is 2.58. The minimum atomic E-state index is -0.747. The van der Waals surface area contributed by atoms with Gasteiger partial charge in [-0.05, 0) is 24.5 Å².